The molecule has 5 aliphatic rings. The molecule has 0 bridgehead atoms. The van der Waals surface area contributed by atoms with Gasteiger partial charge in [0.1, 0.15) is 0 Å². The molecule has 26 heavy (non-hydrogen) atoms. The van der Waals surface area contributed by atoms with Gasteiger partial charge in [-0.2, -0.15) is 0 Å². The Bertz CT molecular complexity index is 738. The van der Waals surface area contributed by atoms with E-state index in [2.05, 4.69) is 30.8 Å². The summed E-state index contributed by atoms with van der Waals surface area (Å²) in [5.74, 6) is 2.56. The summed E-state index contributed by atoms with van der Waals surface area (Å²) in [6.07, 6.45) is 12.9. The monoisotopic (exact) mass is 355 g/mol. The lowest BCUT2D eigenvalue weighted by atomic mass is 9.50. The van der Waals surface area contributed by atoms with Gasteiger partial charge in [0, 0.05) is 5.41 Å². The van der Waals surface area contributed by atoms with Crippen LogP contribution in [0.4, 0.5) is 0 Å². The van der Waals surface area contributed by atoms with Crippen molar-refractivity contribution in [2.45, 2.75) is 63.8 Å². The van der Waals surface area contributed by atoms with Crippen molar-refractivity contribution in [3.8, 4) is 0 Å². The molecule has 7 atom stereocenters. The first-order valence-corrected chi connectivity index (χ1v) is 10.1. The maximum Gasteiger partial charge on any atom is 0.175 e. The minimum absolute atomic E-state index is 0.107. The van der Waals surface area contributed by atoms with E-state index in [1.165, 1.54) is 24.0 Å². The van der Waals surface area contributed by atoms with Crippen molar-refractivity contribution in [2.24, 2.45) is 34.2 Å². The summed E-state index contributed by atoms with van der Waals surface area (Å²) in [6.45, 7) is 6.80. The Labute approximate surface area is 155 Å². The molecular weight excluding hydrogens is 326 g/mol. The maximum atomic E-state index is 9.97. The van der Waals surface area contributed by atoms with Crippen molar-refractivity contribution in [2.75, 3.05) is 0 Å². The Kier molecular flexibility index (Phi) is 3.58. The third kappa shape index (κ3) is 2.06. The topological polar surface area (TPSA) is 62.0 Å². The summed E-state index contributed by atoms with van der Waals surface area (Å²) in [5, 5.41) is 22.6. The fourth-order valence-corrected chi connectivity index (χ4v) is 7.25. The molecule has 3 saturated carbocycles. The highest BCUT2D eigenvalue weighted by Crippen LogP contribution is 2.67. The van der Waals surface area contributed by atoms with Crippen LogP contribution in [0.5, 0.6) is 0 Å². The lowest BCUT2D eigenvalue weighted by Gasteiger charge is -2.56. The number of fused-ring (bicyclic) bond motifs is 6. The minimum Gasteiger partial charge on any atom is -0.411 e. The van der Waals surface area contributed by atoms with Crippen LogP contribution in [0.2, 0.25) is 0 Å². The van der Waals surface area contributed by atoms with Crippen molar-refractivity contribution >= 4 is 5.71 Å². The summed E-state index contributed by atoms with van der Waals surface area (Å²) in [5.41, 5.74) is 3.22. The molecule has 4 aliphatic carbocycles. The van der Waals surface area contributed by atoms with Crippen molar-refractivity contribution in [1.29, 1.82) is 0 Å². The number of hydrogen-bond acceptors (Lipinski definition) is 4. The number of hydrogen-bond donors (Lipinski definition) is 2. The van der Waals surface area contributed by atoms with Crippen LogP contribution in [0.3, 0.4) is 0 Å². The first-order valence-electron chi connectivity index (χ1n) is 10.1. The van der Waals surface area contributed by atoms with E-state index in [1.54, 1.807) is 0 Å². The van der Waals surface area contributed by atoms with E-state index in [0.29, 0.717) is 23.7 Å². The zero-order chi connectivity index (χ0) is 18.1. The normalized spacial score (nSPS) is 51.3. The highest BCUT2D eigenvalue weighted by atomic mass is 16.6. The van der Waals surface area contributed by atoms with Crippen LogP contribution in [0.25, 0.3) is 0 Å². The SMILES string of the molecule is C=C1CC2C(CC[C@@]3(C)C2CC[C@@]32C=CC(O)O2)[C@H]2CC/C(=N\O)C=C12. The molecule has 0 saturated heterocycles. The molecule has 2 N–H and O–H groups in total. The average molecular weight is 355 g/mol. The Morgan fingerprint density at radius 3 is 2.81 bits per heavy atom. The molecule has 140 valence electrons. The van der Waals surface area contributed by atoms with Crippen LogP contribution in [0.1, 0.15) is 51.9 Å². The van der Waals surface area contributed by atoms with Crippen molar-refractivity contribution in [3.63, 3.8) is 0 Å². The van der Waals surface area contributed by atoms with Gasteiger partial charge < -0.3 is 15.1 Å². The molecule has 1 aliphatic heterocycles. The molecule has 4 heteroatoms. The third-order valence-corrected chi connectivity index (χ3v) is 8.51. The first-order chi connectivity index (χ1) is 12.5. The summed E-state index contributed by atoms with van der Waals surface area (Å²) < 4.78 is 6.09. The Hall–Kier alpha value is -1.39. The lowest BCUT2D eigenvalue weighted by Crippen LogP contribution is -2.52. The number of allylic oxidation sites excluding steroid dienone is 3. The van der Waals surface area contributed by atoms with Gasteiger partial charge in [0.05, 0.1) is 11.3 Å². The van der Waals surface area contributed by atoms with E-state index < -0.39 is 6.29 Å². The van der Waals surface area contributed by atoms with E-state index in [9.17, 15) is 5.11 Å². The largest absolute Gasteiger partial charge is 0.411 e. The van der Waals surface area contributed by atoms with Crippen molar-refractivity contribution in [3.05, 3.63) is 36.0 Å². The molecular formula is C22H29NO3. The molecule has 0 aromatic carbocycles. The van der Waals surface area contributed by atoms with E-state index in [0.717, 1.165) is 37.8 Å². The fourth-order valence-electron chi connectivity index (χ4n) is 7.25. The molecule has 0 radical (unpaired) electrons. The van der Waals surface area contributed by atoms with Crippen LogP contribution in [0.15, 0.2) is 41.1 Å². The van der Waals surface area contributed by atoms with Crippen LogP contribution in [-0.4, -0.2) is 27.9 Å². The van der Waals surface area contributed by atoms with Gasteiger partial charge in [0.25, 0.3) is 0 Å². The van der Waals surface area contributed by atoms with E-state index in [-0.39, 0.29) is 11.0 Å². The van der Waals surface area contributed by atoms with E-state index >= 15 is 0 Å². The van der Waals surface area contributed by atoms with Gasteiger partial charge in [-0.25, -0.2) is 0 Å². The molecule has 4 unspecified atom stereocenters. The summed E-state index contributed by atoms with van der Waals surface area (Å²) >= 11 is 0. The number of aliphatic hydroxyl groups is 1. The van der Waals surface area contributed by atoms with Crippen LogP contribution in [-0.2, 0) is 4.74 Å². The van der Waals surface area contributed by atoms with Gasteiger partial charge in [-0.3, -0.25) is 0 Å². The standard InChI is InChI=1S/C22H29NO3/c1-13-11-18-16(15-4-3-14(23-25)12-17(13)15)5-8-21(2)19(18)6-9-22(21)10-7-20(24)26-22/h7,10,12,15-16,18-20,24-25H,1,3-6,8-9,11H2,2H3/b23-14+/t15-,16?,18?,19?,20?,21+,22-/m1/s1. The molecule has 0 aromatic heterocycles. The van der Waals surface area contributed by atoms with E-state index in [4.69, 9.17) is 9.94 Å². The Balaban J connectivity index is 1.48. The van der Waals surface area contributed by atoms with Crippen LogP contribution < -0.4 is 0 Å². The van der Waals surface area contributed by atoms with Crippen LogP contribution >= 0.6 is 0 Å². The number of aliphatic hydroxyl groups excluding tert-OH is 1. The second kappa shape index (κ2) is 5.56. The van der Waals surface area contributed by atoms with Crippen molar-refractivity contribution in [1.82, 2.24) is 0 Å². The smallest absolute Gasteiger partial charge is 0.175 e. The van der Waals surface area contributed by atoms with Gasteiger partial charge in [0.2, 0.25) is 0 Å². The minimum atomic E-state index is -0.742. The lowest BCUT2D eigenvalue weighted by molar-refractivity contribution is -0.180. The second-order valence-corrected chi connectivity index (χ2v) is 9.33. The van der Waals surface area contributed by atoms with Gasteiger partial charge in [-0.05, 0) is 86.3 Å². The third-order valence-electron chi connectivity index (χ3n) is 8.51. The predicted octanol–water partition coefficient (Wildman–Crippen LogP) is 4.20. The Morgan fingerprint density at radius 2 is 2.08 bits per heavy atom. The second-order valence-electron chi connectivity index (χ2n) is 9.33. The highest BCUT2D eigenvalue weighted by Gasteiger charge is 2.64. The van der Waals surface area contributed by atoms with Gasteiger partial charge in [0.15, 0.2) is 6.29 Å². The number of ether oxygens (including phenoxy) is 1. The summed E-state index contributed by atoms with van der Waals surface area (Å²) in [6, 6.07) is 0. The summed E-state index contributed by atoms with van der Waals surface area (Å²) in [4.78, 5) is 0. The molecule has 3 fully saturated rings. The zero-order valence-electron chi connectivity index (χ0n) is 15.5. The maximum absolute atomic E-state index is 9.97. The van der Waals surface area contributed by atoms with Gasteiger partial charge in [-0.1, -0.05) is 30.3 Å². The fraction of sp³-hybridized carbons (Fsp3) is 0.682. The summed E-state index contributed by atoms with van der Waals surface area (Å²) in [7, 11) is 0. The quantitative estimate of drug-likeness (QED) is 0.389. The molecule has 1 spiro atoms. The molecule has 5 rings (SSSR count). The van der Waals surface area contributed by atoms with Crippen molar-refractivity contribution < 1.29 is 15.1 Å². The van der Waals surface area contributed by atoms with Crippen LogP contribution in [0, 0.1) is 29.1 Å². The number of oxime groups is 1. The van der Waals surface area contributed by atoms with Gasteiger partial charge in [-0.15, -0.1) is 0 Å². The highest BCUT2D eigenvalue weighted by molar-refractivity contribution is 5.96. The predicted molar refractivity (Wildman–Crippen MR) is 99.8 cm³/mol. The Morgan fingerprint density at radius 1 is 1.23 bits per heavy atom. The molecule has 1 heterocycles. The molecule has 0 amide bonds. The molecule has 0 aromatic rings. The van der Waals surface area contributed by atoms with E-state index in [1.807, 2.05) is 6.08 Å². The number of nitrogens with zero attached hydrogens (tertiary/aromatic N) is 1. The van der Waals surface area contributed by atoms with Gasteiger partial charge >= 0.3 is 0 Å². The molecule has 4 nitrogen and oxygen atoms in total. The zero-order valence-corrected chi connectivity index (χ0v) is 15.5. The number of rotatable bonds is 0. The average Bonchev–Trinajstić information content (AvgIpc) is 3.16. The first kappa shape index (κ1) is 16.8.